The van der Waals surface area contributed by atoms with Gasteiger partial charge in [0.05, 0.1) is 18.6 Å². The van der Waals surface area contributed by atoms with Gasteiger partial charge in [0.2, 0.25) is 5.82 Å². The third-order valence-electron chi connectivity index (χ3n) is 8.06. The molecule has 11 nitrogen and oxygen atoms in total. The standard InChI is InChI=1S/C30H31N7O4/c1-20-16-22(34-15-12-30(2,18-34)21-8-4-3-5-9-21)17-37-26(20)32-25(33-37)28(39)36-14-7-13-35(19-36)27(38)23-10-6-11-24(31-23)29(40)41/h3-6,8-11,16-17H,7,12-15,18-19H2,1-2H3,(H,40,41)/t30-/m0/s1. The molecule has 2 amide bonds. The van der Waals surface area contributed by atoms with Crippen LogP contribution in [0.25, 0.3) is 5.65 Å². The zero-order valence-electron chi connectivity index (χ0n) is 23.0. The summed E-state index contributed by atoms with van der Waals surface area (Å²) >= 11 is 0. The van der Waals surface area contributed by atoms with Crippen LogP contribution in [-0.4, -0.2) is 85.1 Å². The molecule has 210 valence electrons. The van der Waals surface area contributed by atoms with Crippen molar-refractivity contribution in [2.45, 2.75) is 32.1 Å². The third-order valence-corrected chi connectivity index (χ3v) is 8.06. The van der Waals surface area contributed by atoms with E-state index in [9.17, 15) is 19.5 Å². The lowest BCUT2D eigenvalue weighted by atomic mass is 9.82. The molecule has 0 spiro atoms. The first kappa shape index (κ1) is 26.4. The Hall–Kier alpha value is -4.80. The molecule has 5 heterocycles. The number of carboxylic acids is 1. The average Bonchev–Trinajstić information content (AvgIpc) is 3.62. The lowest BCUT2D eigenvalue weighted by Gasteiger charge is -2.34. The first-order valence-corrected chi connectivity index (χ1v) is 13.7. The average molecular weight is 554 g/mol. The molecule has 0 radical (unpaired) electrons. The number of aromatic nitrogens is 4. The summed E-state index contributed by atoms with van der Waals surface area (Å²) < 4.78 is 1.67. The van der Waals surface area contributed by atoms with Crippen LogP contribution in [0.2, 0.25) is 0 Å². The maximum atomic E-state index is 13.5. The van der Waals surface area contributed by atoms with Crippen LogP contribution in [0.4, 0.5) is 5.69 Å². The van der Waals surface area contributed by atoms with E-state index in [0.29, 0.717) is 25.2 Å². The minimum absolute atomic E-state index is 0.0264. The van der Waals surface area contributed by atoms with Crippen molar-refractivity contribution in [3.63, 3.8) is 0 Å². The van der Waals surface area contributed by atoms with Gasteiger partial charge in [-0.05, 0) is 49.1 Å². The Morgan fingerprint density at radius 2 is 1.63 bits per heavy atom. The Morgan fingerprint density at radius 3 is 2.39 bits per heavy atom. The van der Waals surface area contributed by atoms with E-state index < -0.39 is 11.9 Å². The molecule has 2 aliphatic rings. The fourth-order valence-corrected chi connectivity index (χ4v) is 5.76. The van der Waals surface area contributed by atoms with Crippen molar-refractivity contribution >= 4 is 29.1 Å². The number of hydrogen-bond acceptors (Lipinski definition) is 7. The van der Waals surface area contributed by atoms with Gasteiger partial charge < -0.3 is 19.8 Å². The second-order valence-corrected chi connectivity index (χ2v) is 11.0. The molecule has 2 saturated heterocycles. The van der Waals surface area contributed by atoms with Gasteiger partial charge in [-0.2, -0.15) is 0 Å². The normalized spacial score (nSPS) is 19.1. The molecule has 1 atom stereocenters. The fourth-order valence-electron chi connectivity index (χ4n) is 5.76. The van der Waals surface area contributed by atoms with Crippen LogP contribution in [-0.2, 0) is 5.41 Å². The van der Waals surface area contributed by atoms with Crippen LogP contribution in [0.1, 0.15) is 62.5 Å². The van der Waals surface area contributed by atoms with E-state index in [4.69, 9.17) is 0 Å². The lowest BCUT2D eigenvalue weighted by Crippen LogP contribution is -2.50. The van der Waals surface area contributed by atoms with Gasteiger partial charge in [0, 0.05) is 31.6 Å². The van der Waals surface area contributed by atoms with Crippen molar-refractivity contribution in [3.8, 4) is 0 Å². The number of anilines is 1. The van der Waals surface area contributed by atoms with E-state index in [1.807, 2.05) is 19.2 Å². The summed E-state index contributed by atoms with van der Waals surface area (Å²) in [4.78, 5) is 51.7. The number of fused-ring (bicyclic) bond motifs is 1. The Labute approximate surface area is 237 Å². The van der Waals surface area contributed by atoms with Crippen LogP contribution in [0.15, 0.2) is 60.8 Å². The Bertz CT molecular complexity index is 1650. The summed E-state index contributed by atoms with van der Waals surface area (Å²) in [5.74, 6) is -1.93. The van der Waals surface area contributed by atoms with Gasteiger partial charge in [0.25, 0.3) is 11.8 Å². The predicted octanol–water partition coefficient (Wildman–Crippen LogP) is 3.24. The molecule has 0 aliphatic carbocycles. The highest BCUT2D eigenvalue weighted by Crippen LogP contribution is 2.36. The summed E-state index contributed by atoms with van der Waals surface area (Å²) in [6, 6.07) is 17.0. The topological polar surface area (TPSA) is 124 Å². The molecular weight excluding hydrogens is 522 g/mol. The van der Waals surface area contributed by atoms with E-state index in [1.165, 1.54) is 28.7 Å². The Balaban J connectivity index is 1.19. The van der Waals surface area contributed by atoms with Gasteiger partial charge in [-0.1, -0.05) is 43.3 Å². The number of rotatable bonds is 5. The van der Waals surface area contributed by atoms with Gasteiger partial charge >= 0.3 is 5.97 Å². The highest BCUT2D eigenvalue weighted by molar-refractivity contribution is 5.95. The quantitative estimate of drug-likeness (QED) is 0.400. The number of amides is 2. The van der Waals surface area contributed by atoms with Crippen molar-refractivity contribution in [1.82, 2.24) is 29.4 Å². The zero-order valence-corrected chi connectivity index (χ0v) is 23.0. The number of pyridine rings is 2. The van der Waals surface area contributed by atoms with Crippen molar-refractivity contribution in [3.05, 3.63) is 89.1 Å². The lowest BCUT2D eigenvalue weighted by molar-refractivity contribution is 0.0410. The van der Waals surface area contributed by atoms with E-state index in [0.717, 1.165) is 30.8 Å². The number of benzene rings is 1. The van der Waals surface area contributed by atoms with Gasteiger partial charge in [0.15, 0.2) is 5.65 Å². The number of hydrogen-bond donors (Lipinski definition) is 1. The largest absolute Gasteiger partial charge is 0.477 e. The summed E-state index contributed by atoms with van der Waals surface area (Å²) in [5, 5.41) is 13.8. The maximum Gasteiger partial charge on any atom is 0.354 e. The summed E-state index contributed by atoms with van der Waals surface area (Å²) in [6.07, 6.45) is 3.53. The molecule has 6 rings (SSSR count). The van der Waals surface area contributed by atoms with Gasteiger partial charge in [-0.3, -0.25) is 9.59 Å². The van der Waals surface area contributed by atoms with Crippen molar-refractivity contribution < 1.29 is 19.5 Å². The summed E-state index contributed by atoms with van der Waals surface area (Å²) in [7, 11) is 0. The SMILES string of the molecule is Cc1cc(N2CC[C@](C)(c3ccccc3)C2)cn2nc(C(=O)N3CCCN(C(=O)c4cccc(C(=O)O)n4)C3)nc12. The molecule has 2 aliphatic heterocycles. The van der Waals surface area contributed by atoms with Crippen LogP contribution in [0.5, 0.6) is 0 Å². The first-order chi connectivity index (χ1) is 19.7. The molecule has 2 fully saturated rings. The zero-order chi connectivity index (χ0) is 28.7. The molecule has 4 aromatic rings. The van der Waals surface area contributed by atoms with Gasteiger partial charge in [-0.25, -0.2) is 19.3 Å². The number of carboxylic acid groups (broad SMARTS) is 1. The van der Waals surface area contributed by atoms with Gasteiger partial charge in [-0.15, -0.1) is 5.10 Å². The fraction of sp³-hybridized carbons (Fsp3) is 0.333. The van der Waals surface area contributed by atoms with Crippen molar-refractivity contribution in [2.75, 3.05) is 37.7 Å². The second kappa shape index (κ2) is 10.3. The molecule has 0 bridgehead atoms. The highest BCUT2D eigenvalue weighted by atomic mass is 16.4. The molecule has 11 heteroatoms. The first-order valence-electron chi connectivity index (χ1n) is 13.7. The predicted molar refractivity (Wildman–Crippen MR) is 151 cm³/mol. The van der Waals surface area contributed by atoms with E-state index in [2.05, 4.69) is 57.2 Å². The Kier molecular flexibility index (Phi) is 6.64. The monoisotopic (exact) mass is 553 g/mol. The molecule has 1 aromatic carbocycles. The van der Waals surface area contributed by atoms with Gasteiger partial charge in [0.1, 0.15) is 11.4 Å². The van der Waals surface area contributed by atoms with Crippen LogP contribution in [0, 0.1) is 6.92 Å². The molecule has 0 saturated carbocycles. The van der Waals surface area contributed by atoms with E-state index >= 15 is 0 Å². The minimum Gasteiger partial charge on any atom is -0.477 e. The van der Waals surface area contributed by atoms with E-state index in [-0.39, 0.29) is 35.2 Å². The molecule has 3 aromatic heterocycles. The third kappa shape index (κ3) is 4.99. The highest BCUT2D eigenvalue weighted by Gasteiger charge is 2.36. The van der Waals surface area contributed by atoms with Crippen LogP contribution < -0.4 is 4.90 Å². The minimum atomic E-state index is -1.21. The van der Waals surface area contributed by atoms with Crippen molar-refractivity contribution in [2.24, 2.45) is 0 Å². The molecule has 41 heavy (non-hydrogen) atoms. The Morgan fingerprint density at radius 1 is 0.902 bits per heavy atom. The number of aromatic carboxylic acids is 1. The smallest absolute Gasteiger partial charge is 0.354 e. The number of nitrogens with zero attached hydrogens (tertiary/aromatic N) is 7. The molecule has 1 N–H and O–H groups in total. The number of carbonyl (C=O) groups is 3. The van der Waals surface area contributed by atoms with Crippen molar-refractivity contribution in [1.29, 1.82) is 0 Å². The second-order valence-electron chi connectivity index (χ2n) is 11.0. The summed E-state index contributed by atoms with van der Waals surface area (Å²) in [5.41, 5.74) is 3.76. The van der Waals surface area contributed by atoms with E-state index in [1.54, 1.807) is 9.42 Å². The van der Waals surface area contributed by atoms with Crippen LogP contribution >= 0.6 is 0 Å². The number of aryl methyl sites for hydroxylation is 1. The van der Waals surface area contributed by atoms with Crippen LogP contribution in [0.3, 0.4) is 0 Å². The molecular formula is C30H31N7O4. The maximum absolute atomic E-state index is 13.5. The number of carbonyl (C=O) groups excluding carboxylic acids is 2. The molecule has 0 unspecified atom stereocenters. The summed E-state index contributed by atoms with van der Waals surface area (Å²) in [6.45, 7) is 6.99.